The first-order valence-electron chi connectivity index (χ1n) is 6.21. The fourth-order valence-corrected chi connectivity index (χ4v) is 1.79. The predicted octanol–water partition coefficient (Wildman–Crippen LogP) is 1.02. The monoisotopic (exact) mass is 285 g/mol. The van der Waals surface area contributed by atoms with Gasteiger partial charge >= 0.3 is 0 Å². The number of anilines is 1. The molecule has 0 bridgehead atoms. The molecular formula is C15H15N3O3. The Kier molecular flexibility index (Phi) is 4.59. The van der Waals surface area contributed by atoms with Crippen molar-refractivity contribution in [2.45, 2.75) is 0 Å². The van der Waals surface area contributed by atoms with Gasteiger partial charge in [-0.25, -0.2) is 4.98 Å². The van der Waals surface area contributed by atoms with Crippen molar-refractivity contribution in [1.82, 2.24) is 9.55 Å². The lowest BCUT2D eigenvalue weighted by Crippen LogP contribution is -2.16. The number of methoxy groups -OCH3 is 1. The number of imidazole rings is 1. The summed E-state index contributed by atoms with van der Waals surface area (Å²) in [5.74, 6) is 5.57. The molecule has 0 fully saturated rings. The molecule has 0 saturated heterocycles. The number of carbonyl (C=O) groups is 1. The largest absolute Gasteiger partial charge is 0.495 e. The minimum atomic E-state index is -0.291. The van der Waals surface area contributed by atoms with Gasteiger partial charge in [-0.1, -0.05) is 11.8 Å². The van der Waals surface area contributed by atoms with E-state index in [4.69, 9.17) is 9.84 Å². The first kappa shape index (κ1) is 14.6. The number of hydrogen-bond donors (Lipinski definition) is 2. The summed E-state index contributed by atoms with van der Waals surface area (Å²) in [4.78, 5) is 16.1. The number of nitrogens with one attached hydrogen (secondary N) is 1. The van der Waals surface area contributed by atoms with Crippen LogP contribution in [0.15, 0.2) is 30.7 Å². The van der Waals surface area contributed by atoms with Crippen LogP contribution in [0.3, 0.4) is 0 Å². The number of amides is 1. The molecule has 0 spiro atoms. The summed E-state index contributed by atoms with van der Waals surface area (Å²) >= 11 is 0. The Morgan fingerprint density at radius 3 is 2.95 bits per heavy atom. The summed E-state index contributed by atoms with van der Waals surface area (Å²) in [6.07, 6.45) is 3.03. The molecule has 1 heterocycles. The van der Waals surface area contributed by atoms with Gasteiger partial charge in [0.05, 0.1) is 25.3 Å². The van der Waals surface area contributed by atoms with E-state index in [0.717, 1.165) is 0 Å². The summed E-state index contributed by atoms with van der Waals surface area (Å²) in [6, 6.07) is 5.15. The van der Waals surface area contributed by atoms with Crippen LogP contribution in [0.2, 0.25) is 0 Å². The molecule has 0 aliphatic heterocycles. The topological polar surface area (TPSA) is 76.4 Å². The number of aliphatic hydroxyl groups excluding tert-OH is 1. The average Bonchev–Trinajstić information content (AvgIpc) is 2.91. The van der Waals surface area contributed by atoms with Crippen LogP contribution in [0.4, 0.5) is 5.69 Å². The fraction of sp³-hybridized carbons (Fsp3) is 0.200. The second-order valence-electron chi connectivity index (χ2n) is 4.22. The van der Waals surface area contributed by atoms with Crippen LogP contribution in [0, 0.1) is 11.8 Å². The molecule has 2 aromatic rings. The molecule has 6 heteroatoms. The van der Waals surface area contributed by atoms with Crippen LogP contribution in [0.5, 0.6) is 5.75 Å². The maximum Gasteiger partial charge on any atom is 0.274 e. The van der Waals surface area contributed by atoms with Crippen molar-refractivity contribution >= 4 is 11.6 Å². The molecule has 0 atom stereocenters. The van der Waals surface area contributed by atoms with E-state index in [-0.39, 0.29) is 12.5 Å². The zero-order valence-corrected chi connectivity index (χ0v) is 11.8. The second kappa shape index (κ2) is 6.59. The molecule has 0 saturated carbocycles. The summed E-state index contributed by atoms with van der Waals surface area (Å²) < 4.78 is 6.84. The van der Waals surface area contributed by atoms with Gasteiger partial charge < -0.3 is 19.7 Å². The molecule has 2 rings (SSSR count). The van der Waals surface area contributed by atoms with E-state index < -0.39 is 0 Å². The molecule has 108 valence electrons. The number of ether oxygens (including phenoxy) is 1. The van der Waals surface area contributed by atoms with E-state index >= 15 is 0 Å². The van der Waals surface area contributed by atoms with Gasteiger partial charge in [0.2, 0.25) is 0 Å². The highest BCUT2D eigenvalue weighted by molar-refractivity contribution is 6.03. The van der Waals surface area contributed by atoms with Crippen molar-refractivity contribution in [2.75, 3.05) is 19.0 Å². The van der Waals surface area contributed by atoms with Crippen LogP contribution in [-0.2, 0) is 7.05 Å². The molecule has 0 radical (unpaired) electrons. The summed E-state index contributed by atoms with van der Waals surface area (Å²) in [5.41, 5.74) is 1.61. The predicted molar refractivity (Wildman–Crippen MR) is 78.1 cm³/mol. The highest BCUT2D eigenvalue weighted by Crippen LogP contribution is 2.25. The quantitative estimate of drug-likeness (QED) is 0.826. The Morgan fingerprint density at radius 2 is 2.33 bits per heavy atom. The molecule has 0 unspecified atom stereocenters. The third kappa shape index (κ3) is 3.41. The Balaban J connectivity index is 2.29. The van der Waals surface area contributed by atoms with Crippen LogP contribution in [-0.4, -0.2) is 34.3 Å². The molecule has 0 aliphatic carbocycles. The molecule has 6 nitrogen and oxygen atoms in total. The third-order valence-electron chi connectivity index (χ3n) is 2.81. The van der Waals surface area contributed by atoms with Gasteiger partial charge in [0.25, 0.3) is 5.91 Å². The first-order chi connectivity index (χ1) is 10.2. The zero-order chi connectivity index (χ0) is 15.2. The molecule has 1 amide bonds. The van der Waals surface area contributed by atoms with Gasteiger partial charge in [0.1, 0.15) is 18.1 Å². The van der Waals surface area contributed by atoms with E-state index in [9.17, 15) is 4.79 Å². The van der Waals surface area contributed by atoms with Gasteiger partial charge in [-0.3, -0.25) is 4.79 Å². The van der Waals surface area contributed by atoms with Gasteiger partial charge in [-0.2, -0.15) is 0 Å². The highest BCUT2D eigenvalue weighted by atomic mass is 16.5. The van der Waals surface area contributed by atoms with Crippen LogP contribution < -0.4 is 10.1 Å². The maximum absolute atomic E-state index is 12.2. The fourth-order valence-electron chi connectivity index (χ4n) is 1.79. The van der Waals surface area contributed by atoms with Crippen molar-refractivity contribution < 1.29 is 14.6 Å². The summed E-state index contributed by atoms with van der Waals surface area (Å²) in [7, 11) is 3.26. The normalized spacial score (nSPS) is 9.67. The van der Waals surface area contributed by atoms with E-state index in [1.807, 2.05) is 0 Å². The van der Waals surface area contributed by atoms with Crippen molar-refractivity contribution in [3.05, 3.63) is 42.0 Å². The number of hydrogen-bond acceptors (Lipinski definition) is 4. The number of nitrogens with zero attached hydrogens (tertiary/aromatic N) is 2. The number of aryl methyl sites for hydroxylation is 1. The Labute approximate surface area is 122 Å². The molecule has 2 N–H and O–H groups in total. The van der Waals surface area contributed by atoms with E-state index in [2.05, 4.69) is 22.1 Å². The lowest BCUT2D eigenvalue weighted by molar-refractivity contribution is 0.101. The smallest absolute Gasteiger partial charge is 0.274 e. The van der Waals surface area contributed by atoms with Crippen molar-refractivity contribution in [3.63, 3.8) is 0 Å². The Morgan fingerprint density at radius 1 is 1.52 bits per heavy atom. The maximum atomic E-state index is 12.2. The van der Waals surface area contributed by atoms with Crippen molar-refractivity contribution in [2.24, 2.45) is 7.05 Å². The molecule has 21 heavy (non-hydrogen) atoms. The lowest BCUT2D eigenvalue weighted by atomic mass is 10.2. The van der Waals surface area contributed by atoms with Crippen LogP contribution in [0.1, 0.15) is 16.1 Å². The SMILES string of the molecule is COc1ccc(C#CCO)cc1NC(=O)c1cncn1C. The summed E-state index contributed by atoms with van der Waals surface area (Å²) in [6.45, 7) is -0.220. The van der Waals surface area contributed by atoms with Gasteiger partial charge in [-0.15, -0.1) is 0 Å². The van der Waals surface area contributed by atoms with Crippen molar-refractivity contribution in [1.29, 1.82) is 0 Å². The van der Waals surface area contributed by atoms with E-state index in [1.165, 1.54) is 13.3 Å². The van der Waals surface area contributed by atoms with Crippen LogP contribution in [0.25, 0.3) is 0 Å². The van der Waals surface area contributed by atoms with Crippen molar-refractivity contribution in [3.8, 4) is 17.6 Å². The average molecular weight is 285 g/mol. The minimum Gasteiger partial charge on any atom is -0.495 e. The molecule has 1 aromatic heterocycles. The minimum absolute atomic E-state index is 0.220. The number of rotatable bonds is 3. The zero-order valence-electron chi connectivity index (χ0n) is 11.8. The highest BCUT2D eigenvalue weighted by Gasteiger charge is 2.13. The second-order valence-corrected chi connectivity index (χ2v) is 4.22. The third-order valence-corrected chi connectivity index (χ3v) is 2.81. The summed E-state index contributed by atoms with van der Waals surface area (Å²) in [5, 5.41) is 11.5. The van der Waals surface area contributed by atoms with Gasteiger partial charge in [0.15, 0.2) is 0 Å². The first-order valence-corrected chi connectivity index (χ1v) is 6.21. The lowest BCUT2D eigenvalue weighted by Gasteiger charge is -2.10. The number of carbonyl (C=O) groups excluding carboxylic acids is 1. The van der Waals surface area contributed by atoms with E-state index in [0.29, 0.717) is 22.7 Å². The Bertz CT molecular complexity index is 710. The van der Waals surface area contributed by atoms with E-state index in [1.54, 1.807) is 36.1 Å². The molecule has 0 aliphatic rings. The number of aliphatic hydroxyl groups is 1. The molecule has 1 aromatic carbocycles. The van der Waals surface area contributed by atoms with Crippen LogP contribution >= 0.6 is 0 Å². The molecular weight excluding hydrogens is 270 g/mol. The number of benzene rings is 1. The number of aromatic nitrogens is 2. The standard InChI is InChI=1S/C15H15N3O3/c1-18-10-16-9-13(18)15(20)17-12-8-11(4-3-7-19)5-6-14(12)21-2/h5-6,8-10,19H,7H2,1-2H3,(H,17,20). The Hall–Kier alpha value is -2.78. The van der Waals surface area contributed by atoms with Gasteiger partial charge in [0, 0.05) is 12.6 Å². The van der Waals surface area contributed by atoms with Gasteiger partial charge in [-0.05, 0) is 18.2 Å².